The van der Waals surface area contributed by atoms with E-state index >= 15 is 0 Å². The van der Waals surface area contributed by atoms with Crippen molar-refractivity contribution in [3.8, 4) is 5.75 Å². The molecule has 5 rings (SSSR count). The minimum Gasteiger partial charge on any atom is -0.488 e. The van der Waals surface area contributed by atoms with Crippen LogP contribution in [0.1, 0.15) is 22.3 Å². The van der Waals surface area contributed by atoms with E-state index in [0.717, 1.165) is 26.7 Å². The average molecular weight is 615 g/mol. The lowest BCUT2D eigenvalue weighted by molar-refractivity contribution is -0.384. The molecule has 1 fully saturated rings. The number of nitro groups is 1. The van der Waals surface area contributed by atoms with E-state index in [2.05, 4.69) is 15.9 Å². The smallest absolute Gasteiger partial charge is 0.269 e. The number of halogens is 1. The number of rotatable bonds is 9. The Morgan fingerprint density at radius 1 is 0.900 bits per heavy atom. The molecule has 4 aromatic rings. The minimum absolute atomic E-state index is 0.0391. The van der Waals surface area contributed by atoms with Crippen LogP contribution in [0, 0.1) is 10.1 Å². The van der Waals surface area contributed by atoms with Gasteiger partial charge in [0.15, 0.2) is 5.17 Å². The predicted octanol–water partition coefficient (Wildman–Crippen LogP) is 7.61. The van der Waals surface area contributed by atoms with Gasteiger partial charge in [-0.25, -0.2) is 0 Å². The van der Waals surface area contributed by atoms with Crippen LogP contribution in [0.2, 0.25) is 0 Å². The highest BCUT2D eigenvalue weighted by Gasteiger charge is 2.33. The number of carbonyl (C=O) groups is 1. The first-order valence-corrected chi connectivity index (χ1v) is 14.1. The van der Waals surface area contributed by atoms with Crippen LogP contribution in [-0.2, 0) is 24.5 Å². The van der Waals surface area contributed by atoms with Gasteiger partial charge in [0.05, 0.1) is 27.4 Å². The van der Waals surface area contributed by atoms with Crippen molar-refractivity contribution in [3.05, 3.63) is 145 Å². The Morgan fingerprint density at radius 2 is 1.57 bits per heavy atom. The van der Waals surface area contributed by atoms with Crippen molar-refractivity contribution in [1.29, 1.82) is 0 Å². The van der Waals surface area contributed by atoms with E-state index in [-0.39, 0.29) is 18.2 Å². The molecular formula is C31H24BrN3O4S. The maximum atomic E-state index is 13.5. The highest BCUT2D eigenvalue weighted by Crippen LogP contribution is 2.35. The van der Waals surface area contributed by atoms with E-state index in [1.54, 1.807) is 17.0 Å². The van der Waals surface area contributed by atoms with Crippen molar-refractivity contribution in [1.82, 2.24) is 4.90 Å². The quantitative estimate of drug-likeness (QED) is 0.110. The molecule has 0 bridgehead atoms. The Labute approximate surface area is 244 Å². The van der Waals surface area contributed by atoms with Crippen molar-refractivity contribution in [2.75, 3.05) is 0 Å². The molecule has 9 heteroatoms. The number of carbonyl (C=O) groups excluding carboxylic acids is 1. The van der Waals surface area contributed by atoms with Crippen LogP contribution in [0.5, 0.6) is 5.75 Å². The summed E-state index contributed by atoms with van der Waals surface area (Å²) < 4.78 is 6.64. The van der Waals surface area contributed by atoms with Crippen LogP contribution in [0.3, 0.4) is 0 Å². The van der Waals surface area contributed by atoms with Gasteiger partial charge < -0.3 is 4.74 Å². The molecule has 1 amide bonds. The first-order chi connectivity index (χ1) is 19.5. The van der Waals surface area contributed by atoms with E-state index < -0.39 is 4.92 Å². The number of aliphatic imine (C=N–C) groups is 1. The summed E-state index contributed by atoms with van der Waals surface area (Å²) in [7, 11) is 0. The van der Waals surface area contributed by atoms with Crippen molar-refractivity contribution in [2.45, 2.75) is 19.7 Å². The predicted molar refractivity (Wildman–Crippen MR) is 162 cm³/mol. The Morgan fingerprint density at radius 3 is 2.23 bits per heavy atom. The fraction of sp³-hybridized carbons (Fsp3) is 0.0968. The second-order valence-electron chi connectivity index (χ2n) is 8.97. The van der Waals surface area contributed by atoms with Gasteiger partial charge in [-0.2, -0.15) is 0 Å². The zero-order valence-electron chi connectivity index (χ0n) is 21.3. The van der Waals surface area contributed by atoms with Gasteiger partial charge in [-0.1, -0.05) is 66.7 Å². The largest absolute Gasteiger partial charge is 0.488 e. The Kier molecular flexibility index (Phi) is 8.73. The van der Waals surface area contributed by atoms with Crippen LogP contribution < -0.4 is 4.74 Å². The zero-order valence-corrected chi connectivity index (χ0v) is 23.7. The normalized spacial score (nSPS) is 15.1. The van der Waals surface area contributed by atoms with Crippen LogP contribution in [-0.4, -0.2) is 20.9 Å². The number of hydrogen-bond donors (Lipinski definition) is 0. The minimum atomic E-state index is -0.430. The van der Waals surface area contributed by atoms with E-state index in [9.17, 15) is 14.9 Å². The highest BCUT2D eigenvalue weighted by molar-refractivity contribution is 9.10. The topological polar surface area (TPSA) is 85.0 Å². The molecule has 1 aliphatic heterocycles. The molecule has 0 aliphatic carbocycles. The van der Waals surface area contributed by atoms with Crippen LogP contribution in [0.15, 0.2) is 117 Å². The SMILES string of the molecule is O=C1/C(=C\c2ccc(OCc3ccc([N+](=O)[O-])cc3)c(Br)c2)SC(=NCc2ccccc2)N1Cc1ccccc1. The van der Waals surface area contributed by atoms with Gasteiger partial charge in [0.2, 0.25) is 0 Å². The van der Waals surface area contributed by atoms with Crippen molar-refractivity contribution in [2.24, 2.45) is 4.99 Å². The summed E-state index contributed by atoms with van der Waals surface area (Å²) in [6.45, 7) is 1.19. The third-order valence-electron chi connectivity index (χ3n) is 6.11. The summed E-state index contributed by atoms with van der Waals surface area (Å²) in [6.07, 6.45) is 1.86. The molecule has 0 aromatic heterocycles. The van der Waals surface area contributed by atoms with Gasteiger partial charge in [0, 0.05) is 12.1 Å². The molecule has 0 atom stereocenters. The second-order valence-corrected chi connectivity index (χ2v) is 10.8. The molecule has 7 nitrogen and oxygen atoms in total. The van der Waals surface area contributed by atoms with E-state index in [1.807, 2.05) is 84.9 Å². The lowest BCUT2D eigenvalue weighted by Gasteiger charge is -2.15. The summed E-state index contributed by atoms with van der Waals surface area (Å²) in [5.41, 5.74) is 3.81. The Hall–Kier alpha value is -4.21. The fourth-order valence-corrected chi connectivity index (χ4v) is 5.51. The van der Waals surface area contributed by atoms with Crippen molar-refractivity contribution >= 4 is 50.5 Å². The summed E-state index contributed by atoms with van der Waals surface area (Å²) in [5, 5.41) is 11.5. The number of ether oxygens (including phenoxy) is 1. The van der Waals surface area contributed by atoms with Crippen molar-refractivity contribution < 1.29 is 14.5 Å². The number of hydrogen-bond acceptors (Lipinski definition) is 6. The molecule has 200 valence electrons. The van der Waals surface area contributed by atoms with E-state index in [1.165, 1.54) is 23.9 Å². The molecule has 0 radical (unpaired) electrons. The zero-order chi connectivity index (χ0) is 27.9. The lowest BCUT2D eigenvalue weighted by atomic mass is 10.2. The number of benzene rings is 4. The molecule has 0 unspecified atom stereocenters. The molecule has 40 heavy (non-hydrogen) atoms. The monoisotopic (exact) mass is 613 g/mol. The summed E-state index contributed by atoms with van der Waals surface area (Å²) in [5.74, 6) is 0.539. The van der Waals surface area contributed by atoms with E-state index in [4.69, 9.17) is 9.73 Å². The van der Waals surface area contributed by atoms with Crippen LogP contribution >= 0.6 is 27.7 Å². The third kappa shape index (κ3) is 6.86. The summed E-state index contributed by atoms with van der Waals surface area (Å²) in [4.78, 5) is 31.0. The van der Waals surface area contributed by atoms with Gasteiger partial charge >= 0.3 is 0 Å². The number of amides is 1. The molecule has 1 heterocycles. The Balaban J connectivity index is 1.32. The summed E-state index contributed by atoms with van der Waals surface area (Å²) >= 11 is 4.94. The summed E-state index contributed by atoms with van der Waals surface area (Å²) in [6, 6.07) is 31.7. The number of nitrogens with zero attached hydrogens (tertiary/aromatic N) is 3. The Bertz CT molecular complexity index is 1580. The molecular weight excluding hydrogens is 590 g/mol. The highest BCUT2D eigenvalue weighted by atomic mass is 79.9. The first kappa shape index (κ1) is 27.4. The standard InChI is InChI=1S/C31H24BrN3O4S/c32-27-17-25(13-16-28(27)39-21-24-11-14-26(15-12-24)35(37)38)18-29-30(36)34(20-23-9-5-2-6-10-23)31(40-29)33-19-22-7-3-1-4-8-22/h1-18H,19-21H2/b29-18+,33-31?. The fourth-order valence-electron chi connectivity index (χ4n) is 4.02. The molecule has 1 saturated heterocycles. The lowest BCUT2D eigenvalue weighted by Crippen LogP contribution is -2.28. The van der Waals surface area contributed by atoms with Gasteiger partial charge in [-0.15, -0.1) is 0 Å². The maximum Gasteiger partial charge on any atom is 0.269 e. The number of amidine groups is 1. The number of thioether (sulfide) groups is 1. The number of nitro benzene ring substituents is 1. The molecule has 0 spiro atoms. The van der Waals surface area contributed by atoms with Crippen LogP contribution in [0.4, 0.5) is 5.69 Å². The molecule has 0 saturated carbocycles. The first-order valence-electron chi connectivity index (χ1n) is 12.5. The van der Waals surface area contributed by atoms with Crippen molar-refractivity contribution in [3.63, 3.8) is 0 Å². The number of non-ortho nitro benzene ring substituents is 1. The second kappa shape index (κ2) is 12.8. The molecule has 1 aliphatic rings. The van der Waals surface area contributed by atoms with Gasteiger partial charge in [0.25, 0.3) is 11.6 Å². The van der Waals surface area contributed by atoms with Gasteiger partial charge in [-0.05, 0) is 80.3 Å². The third-order valence-corrected chi connectivity index (χ3v) is 7.77. The molecule has 0 N–H and O–H groups in total. The molecule has 4 aromatic carbocycles. The van der Waals surface area contributed by atoms with Crippen LogP contribution in [0.25, 0.3) is 6.08 Å². The maximum absolute atomic E-state index is 13.5. The van der Waals surface area contributed by atoms with Gasteiger partial charge in [0.1, 0.15) is 12.4 Å². The van der Waals surface area contributed by atoms with E-state index in [0.29, 0.717) is 28.9 Å². The van der Waals surface area contributed by atoms with Gasteiger partial charge in [-0.3, -0.25) is 24.8 Å². The average Bonchev–Trinajstić information content (AvgIpc) is 3.26.